The summed E-state index contributed by atoms with van der Waals surface area (Å²) in [5.74, 6) is -3.57. The van der Waals surface area contributed by atoms with E-state index < -0.39 is 35.7 Å². The minimum atomic E-state index is -1.23. The van der Waals surface area contributed by atoms with Gasteiger partial charge in [0.25, 0.3) is 5.91 Å². The Balaban J connectivity index is 1.26. The molecule has 3 aliphatic heterocycles. The normalized spacial score (nSPS) is 32.0. The Hall–Kier alpha value is -2.83. The van der Waals surface area contributed by atoms with Crippen molar-refractivity contribution in [2.24, 2.45) is 29.6 Å². The molecule has 2 bridgehead atoms. The van der Waals surface area contributed by atoms with Crippen molar-refractivity contribution in [2.45, 2.75) is 54.8 Å². The Morgan fingerprint density at radius 2 is 1.83 bits per heavy atom. The maximum Gasteiger partial charge on any atom is 0.326 e. The third kappa shape index (κ3) is 4.23. The molecule has 4 fully saturated rings. The first-order valence-corrected chi connectivity index (χ1v) is 16.4. The lowest BCUT2D eigenvalue weighted by Crippen LogP contribution is -2.44. The summed E-state index contributed by atoms with van der Waals surface area (Å²) < 4.78 is 6.18. The molecule has 7 rings (SSSR count). The number of carbonyl (C=O) groups excluding carboxylic acids is 3. The molecule has 2 N–H and O–H groups in total. The lowest BCUT2D eigenvalue weighted by Gasteiger charge is -2.43. The van der Waals surface area contributed by atoms with Gasteiger partial charge in [-0.1, -0.05) is 22.9 Å². The van der Waals surface area contributed by atoms with Gasteiger partial charge in [-0.25, -0.2) is 4.79 Å². The van der Waals surface area contributed by atoms with E-state index in [9.17, 15) is 29.1 Å². The number of fused-ring (bicyclic) bond motifs is 9. The molecule has 0 spiro atoms. The fourth-order valence-corrected chi connectivity index (χ4v) is 11.2. The van der Waals surface area contributed by atoms with Crippen LogP contribution in [0.4, 0.5) is 0 Å². The Morgan fingerprint density at radius 3 is 2.55 bits per heavy atom. The summed E-state index contributed by atoms with van der Waals surface area (Å²) in [6.07, 6.45) is 3.74. The summed E-state index contributed by atoms with van der Waals surface area (Å²) in [6, 6.07) is 4.05. The number of carboxylic acids is 1. The number of hydrogen-bond acceptors (Lipinski definition) is 8. The summed E-state index contributed by atoms with van der Waals surface area (Å²) in [5.41, 5.74) is 0.748. The number of benzene rings is 1. The molecule has 2 saturated carbocycles. The third-order valence-electron chi connectivity index (χ3n) is 9.87. The predicted molar refractivity (Wildman–Crippen MR) is 155 cm³/mol. The number of halogens is 1. The minimum absolute atomic E-state index is 0.0716. The van der Waals surface area contributed by atoms with Crippen LogP contribution in [0.15, 0.2) is 28.0 Å². The summed E-state index contributed by atoms with van der Waals surface area (Å²) in [4.78, 5) is 70.8. The number of aliphatic carboxylic acids is 1. The lowest BCUT2D eigenvalue weighted by molar-refractivity contribution is -0.154. The van der Waals surface area contributed by atoms with E-state index in [1.165, 1.54) is 6.92 Å². The number of imide groups is 1. The first-order valence-electron chi connectivity index (χ1n) is 14.3. The number of carboxylic acid groups (broad SMARTS) is 1. The number of thioether (sulfide) groups is 1. The first-order chi connectivity index (χ1) is 20.2. The molecule has 7 unspecified atom stereocenters. The van der Waals surface area contributed by atoms with Crippen molar-refractivity contribution in [3.63, 3.8) is 0 Å². The van der Waals surface area contributed by atoms with Crippen LogP contribution in [0.3, 0.4) is 0 Å². The number of hydrogen-bond donors (Lipinski definition) is 2. The number of thiazole rings is 1. The number of H-pyrrole nitrogens is 1. The molecular formula is C29H30ClN3O7S2. The van der Waals surface area contributed by atoms with Crippen LogP contribution >= 0.6 is 34.7 Å². The predicted octanol–water partition coefficient (Wildman–Crippen LogP) is 3.43. The minimum Gasteiger partial charge on any atom is -0.483 e. The largest absolute Gasteiger partial charge is 0.483 e. The molecule has 2 aliphatic carbocycles. The number of nitrogens with zero attached hydrogens (tertiary/aromatic N) is 2. The zero-order chi connectivity index (χ0) is 29.4. The van der Waals surface area contributed by atoms with Crippen molar-refractivity contribution >= 4 is 58.4 Å². The molecule has 1 aromatic heterocycles. The molecule has 5 aliphatic rings. The van der Waals surface area contributed by atoms with Crippen molar-refractivity contribution in [1.82, 2.24) is 14.8 Å². The van der Waals surface area contributed by atoms with Crippen LogP contribution in [0.25, 0.3) is 0 Å². The van der Waals surface area contributed by atoms with Gasteiger partial charge in [-0.3, -0.25) is 24.1 Å². The van der Waals surface area contributed by atoms with Gasteiger partial charge in [-0.15, -0.1) is 11.8 Å². The molecular weight excluding hydrogens is 602 g/mol. The van der Waals surface area contributed by atoms with Crippen LogP contribution in [0.2, 0.25) is 5.02 Å². The van der Waals surface area contributed by atoms with Crippen molar-refractivity contribution in [1.29, 1.82) is 0 Å². The Labute approximate surface area is 254 Å². The SMILES string of the molecule is CC(C(=O)O)N1C(=O)C2C3CC(C2C1=O)C1C3Sc2[nH]c(=O)sc2[C@@H]1c1cc(Cl)ccc1OCC(=O)N1CCCCC1. The van der Waals surface area contributed by atoms with Crippen molar-refractivity contribution in [2.75, 3.05) is 19.7 Å². The van der Waals surface area contributed by atoms with Crippen molar-refractivity contribution in [3.05, 3.63) is 43.3 Å². The van der Waals surface area contributed by atoms with Crippen LogP contribution < -0.4 is 9.61 Å². The number of ether oxygens (including phenoxy) is 1. The second-order valence-electron chi connectivity index (χ2n) is 11.9. The standard InChI is InChI=1S/C29H30ClN3O7S2/c1-12(28(37)38)33-26(35)21-15-10-16(22(21)27(33)36)23-20(15)19(24-25(41-23)31-29(39)42-24)14-9-13(30)5-6-17(14)40-11-18(34)32-7-3-2-4-8-32/h5-6,9,12,15-16,19-23H,2-4,7-8,10-11H2,1H3,(H,31,39)(H,37,38)/t12?,15?,16?,19-,20?,21?,22?,23?/m1/s1. The number of rotatable bonds is 6. The molecule has 1 aromatic carbocycles. The summed E-state index contributed by atoms with van der Waals surface area (Å²) >= 11 is 9.20. The van der Waals surface area contributed by atoms with E-state index in [4.69, 9.17) is 16.3 Å². The monoisotopic (exact) mass is 631 g/mol. The van der Waals surface area contributed by atoms with E-state index in [-0.39, 0.29) is 46.3 Å². The molecule has 0 radical (unpaired) electrons. The van der Waals surface area contributed by atoms with Gasteiger partial charge < -0.3 is 19.7 Å². The average molecular weight is 632 g/mol. The lowest BCUT2D eigenvalue weighted by atomic mass is 9.68. The number of aromatic nitrogens is 1. The molecule has 42 heavy (non-hydrogen) atoms. The topological polar surface area (TPSA) is 137 Å². The average Bonchev–Trinajstić information content (AvgIpc) is 3.71. The van der Waals surface area contributed by atoms with E-state index >= 15 is 0 Å². The third-order valence-corrected chi connectivity index (χ3v) is 12.7. The van der Waals surface area contributed by atoms with Gasteiger partial charge in [-0.05, 0) is 68.6 Å². The fourth-order valence-electron chi connectivity index (χ4n) is 8.15. The van der Waals surface area contributed by atoms with E-state index in [0.717, 1.165) is 64.1 Å². The second kappa shape index (κ2) is 10.4. The molecule has 8 atom stereocenters. The zero-order valence-corrected chi connectivity index (χ0v) is 25.2. The van der Waals surface area contributed by atoms with Gasteiger partial charge in [-0.2, -0.15) is 0 Å². The Morgan fingerprint density at radius 1 is 1.12 bits per heavy atom. The molecule has 10 nitrogen and oxygen atoms in total. The number of piperidine rings is 1. The van der Waals surface area contributed by atoms with Crippen LogP contribution in [0, 0.1) is 29.6 Å². The number of nitrogens with one attached hydrogen (secondary N) is 1. The van der Waals surface area contributed by atoms with Crippen LogP contribution in [-0.2, 0) is 19.2 Å². The highest BCUT2D eigenvalue weighted by molar-refractivity contribution is 8.00. The van der Waals surface area contributed by atoms with Gasteiger partial charge in [0.15, 0.2) is 6.61 Å². The van der Waals surface area contributed by atoms with Gasteiger partial charge in [0.2, 0.25) is 11.8 Å². The van der Waals surface area contributed by atoms with Crippen LogP contribution in [0.1, 0.15) is 49.0 Å². The summed E-state index contributed by atoms with van der Waals surface area (Å²) in [6.45, 7) is 2.69. The van der Waals surface area contributed by atoms with E-state index in [0.29, 0.717) is 17.2 Å². The number of likely N-dealkylation sites (tertiary alicyclic amines) is 2. The van der Waals surface area contributed by atoms with Crippen LogP contribution in [-0.4, -0.2) is 74.6 Å². The number of aromatic amines is 1. The van der Waals surface area contributed by atoms with E-state index in [1.807, 2.05) is 11.0 Å². The van der Waals surface area contributed by atoms with Gasteiger partial charge in [0, 0.05) is 39.7 Å². The number of amides is 3. The highest BCUT2D eigenvalue weighted by atomic mass is 35.5. The summed E-state index contributed by atoms with van der Waals surface area (Å²) in [7, 11) is 0. The Kier molecular flexibility index (Phi) is 6.93. The zero-order valence-electron chi connectivity index (χ0n) is 22.8. The molecule has 13 heteroatoms. The fraction of sp³-hybridized carbons (Fsp3) is 0.552. The highest BCUT2D eigenvalue weighted by Crippen LogP contribution is 2.69. The smallest absolute Gasteiger partial charge is 0.326 e. The van der Waals surface area contributed by atoms with E-state index in [1.54, 1.807) is 23.9 Å². The quantitative estimate of drug-likeness (QED) is 0.463. The first kappa shape index (κ1) is 28.0. The summed E-state index contributed by atoms with van der Waals surface area (Å²) in [5, 5.41) is 10.7. The highest BCUT2D eigenvalue weighted by Gasteiger charge is 2.70. The van der Waals surface area contributed by atoms with Gasteiger partial charge >= 0.3 is 10.8 Å². The second-order valence-corrected chi connectivity index (χ2v) is 14.6. The molecule has 222 valence electrons. The van der Waals surface area contributed by atoms with Crippen LogP contribution in [0.5, 0.6) is 5.75 Å². The maximum atomic E-state index is 13.6. The molecule has 2 saturated heterocycles. The van der Waals surface area contributed by atoms with Crippen molar-refractivity contribution in [3.8, 4) is 5.75 Å². The van der Waals surface area contributed by atoms with E-state index in [2.05, 4.69) is 4.98 Å². The molecule has 4 heterocycles. The van der Waals surface area contributed by atoms with Gasteiger partial charge in [0.1, 0.15) is 11.8 Å². The van der Waals surface area contributed by atoms with Crippen molar-refractivity contribution < 1.29 is 29.0 Å². The molecule has 3 amide bonds. The number of carbonyl (C=O) groups is 4. The molecule has 2 aromatic rings. The maximum absolute atomic E-state index is 13.6. The Bertz CT molecular complexity index is 1550. The van der Waals surface area contributed by atoms with Gasteiger partial charge in [0.05, 0.1) is 16.9 Å².